The molecule has 0 radical (unpaired) electrons. The smallest absolute Gasteiger partial charge is 0.152 e. The van der Waals surface area contributed by atoms with Crippen molar-refractivity contribution in [3.8, 4) is 17.1 Å². The number of imidazole rings is 1. The number of hydrogen-bond acceptors (Lipinski definition) is 4. The van der Waals surface area contributed by atoms with E-state index in [9.17, 15) is 12.8 Å². The van der Waals surface area contributed by atoms with E-state index in [1.165, 1.54) is 12.1 Å². The molecule has 0 saturated carbocycles. The Morgan fingerprint density at radius 2 is 2.00 bits per heavy atom. The summed E-state index contributed by atoms with van der Waals surface area (Å²) in [4.78, 5) is 4.47. The van der Waals surface area contributed by atoms with Gasteiger partial charge in [0.2, 0.25) is 0 Å². The lowest BCUT2D eigenvalue weighted by atomic mass is 10.1. The number of nitrogens with zero attached hydrogens (tertiary/aromatic N) is 4. The first kappa shape index (κ1) is 17.9. The fourth-order valence-electron chi connectivity index (χ4n) is 3.89. The predicted molar refractivity (Wildman–Crippen MR) is 101 cm³/mol. The van der Waals surface area contributed by atoms with Gasteiger partial charge in [-0.05, 0) is 51.0 Å². The number of aromatic nitrogens is 4. The molecule has 3 aromatic rings. The molecule has 6 nitrogen and oxygen atoms in total. The molecule has 1 aromatic carbocycles. The normalized spacial score (nSPS) is 18.9. The Kier molecular flexibility index (Phi) is 4.18. The first-order valence-electron chi connectivity index (χ1n) is 8.83. The van der Waals surface area contributed by atoms with Crippen LogP contribution in [0, 0.1) is 26.6 Å². The Morgan fingerprint density at radius 1 is 1.22 bits per heavy atom. The number of sulfone groups is 1. The second kappa shape index (κ2) is 6.30. The SMILES string of the molecule is Cc1cc(F)ccc1-c1nccn1-c1c(C)nn(C2CCS(=O)(=O)C2)c1C. The van der Waals surface area contributed by atoms with Gasteiger partial charge in [-0.25, -0.2) is 17.8 Å². The van der Waals surface area contributed by atoms with Crippen LogP contribution in [0.3, 0.4) is 0 Å². The number of hydrogen-bond donors (Lipinski definition) is 0. The standard InChI is InChI=1S/C19H21FN4O2S/c1-12-10-15(20)4-5-17(12)19-21-7-8-23(19)18-13(2)22-24(14(18)3)16-6-9-27(25,26)11-16/h4-5,7-8,10,16H,6,9,11H2,1-3H3. The average molecular weight is 388 g/mol. The topological polar surface area (TPSA) is 69.8 Å². The molecule has 1 aliphatic heterocycles. The summed E-state index contributed by atoms with van der Waals surface area (Å²) in [5.41, 5.74) is 4.23. The molecule has 1 aliphatic rings. The maximum Gasteiger partial charge on any atom is 0.152 e. The van der Waals surface area contributed by atoms with Crippen LogP contribution in [0.1, 0.15) is 29.4 Å². The van der Waals surface area contributed by atoms with E-state index in [1.807, 2.05) is 36.2 Å². The summed E-state index contributed by atoms with van der Waals surface area (Å²) in [6.07, 6.45) is 4.14. The second-order valence-corrected chi connectivity index (χ2v) is 9.33. The lowest BCUT2D eigenvalue weighted by Gasteiger charge is -2.13. The van der Waals surface area contributed by atoms with Gasteiger partial charge in [0.1, 0.15) is 11.6 Å². The summed E-state index contributed by atoms with van der Waals surface area (Å²) in [6.45, 7) is 5.70. The summed E-state index contributed by atoms with van der Waals surface area (Å²) in [5.74, 6) is 0.757. The zero-order chi connectivity index (χ0) is 19.3. The van der Waals surface area contributed by atoms with Crippen molar-refractivity contribution in [2.24, 2.45) is 0 Å². The molecule has 3 heterocycles. The van der Waals surface area contributed by atoms with Gasteiger partial charge in [0, 0.05) is 18.0 Å². The third-order valence-corrected chi connectivity index (χ3v) is 6.90. The molecule has 2 aromatic heterocycles. The summed E-state index contributed by atoms with van der Waals surface area (Å²) >= 11 is 0. The Bertz CT molecular complexity index is 1130. The van der Waals surface area contributed by atoms with Crippen LogP contribution < -0.4 is 0 Å². The predicted octanol–water partition coefficient (Wildman–Crippen LogP) is 3.16. The Morgan fingerprint density at radius 3 is 2.67 bits per heavy atom. The highest BCUT2D eigenvalue weighted by atomic mass is 32.2. The van der Waals surface area contributed by atoms with Crippen molar-refractivity contribution < 1.29 is 12.8 Å². The molecule has 1 atom stereocenters. The molecule has 1 saturated heterocycles. The summed E-state index contributed by atoms with van der Waals surface area (Å²) < 4.78 is 41.0. The van der Waals surface area contributed by atoms with Gasteiger partial charge in [-0.1, -0.05) is 0 Å². The molecular formula is C19H21FN4O2S. The third-order valence-electron chi connectivity index (χ3n) is 5.15. The van der Waals surface area contributed by atoms with Gasteiger partial charge in [-0.15, -0.1) is 0 Å². The maximum absolute atomic E-state index is 13.5. The van der Waals surface area contributed by atoms with E-state index in [-0.39, 0.29) is 23.4 Å². The van der Waals surface area contributed by atoms with Gasteiger partial charge < -0.3 is 0 Å². The van der Waals surface area contributed by atoms with E-state index < -0.39 is 9.84 Å². The van der Waals surface area contributed by atoms with Crippen molar-refractivity contribution in [2.45, 2.75) is 33.2 Å². The zero-order valence-electron chi connectivity index (χ0n) is 15.5. The number of aryl methyl sites for hydroxylation is 2. The van der Waals surface area contributed by atoms with Gasteiger partial charge in [0.05, 0.1) is 34.6 Å². The van der Waals surface area contributed by atoms with Gasteiger partial charge in [0.25, 0.3) is 0 Å². The molecule has 0 amide bonds. The van der Waals surface area contributed by atoms with Gasteiger partial charge >= 0.3 is 0 Å². The van der Waals surface area contributed by atoms with Crippen LogP contribution in [0.15, 0.2) is 30.6 Å². The molecule has 0 spiro atoms. The third kappa shape index (κ3) is 3.07. The molecule has 0 aliphatic carbocycles. The Labute approximate surface area is 157 Å². The number of rotatable bonds is 3. The number of benzene rings is 1. The molecule has 27 heavy (non-hydrogen) atoms. The molecule has 1 fully saturated rings. The highest BCUT2D eigenvalue weighted by molar-refractivity contribution is 7.91. The Balaban J connectivity index is 1.81. The first-order chi connectivity index (χ1) is 12.8. The lowest BCUT2D eigenvalue weighted by molar-refractivity contribution is 0.485. The van der Waals surface area contributed by atoms with Gasteiger partial charge in [-0.2, -0.15) is 5.10 Å². The monoisotopic (exact) mass is 388 g/mol. The fourth-order valence-corrected chi connectivity index (χ4v) is 5.58. The van der Waals surface area contributed by atoms with E-state index in [0.29, 0.717) is 12.2 Å². The molecule has 1 unspecified atom stereocenters. The molecule has 0 N–H and O–H groups in total. The van der Waals surface area contributed by atoms with Crippen LogP contribution in [-0.4, -0.2) is 39.3 Å². The van der Waals surface area contributed by atoms with E-state index >= 15 is 0 Å². The van der Waals surface area contributed by atoms with Gasteiger partial charge in [0.15, 0.2) is 9.84 Å². The zero-order valence-corrected chi connectivity index (χ0v) is 16.3. The van der Waals surface area contributed by atoms with E-state index in [2.05, 4.69) is 10.1 Å². The highest BCUT2D eigenvalue weighted by Crippen LogP contribution is 2.31. The minimum Gasteiger partial charge on any atom is -0.296 e. The molecule has 0 bridgehead atoms. The quantitative estimate of drug-likeness (QED) is 0.691. The minimum absolute atomic E-state index is 0.127. The van der Waals surface area contributed by atoms with Crippen molar-refractivity contribution in [2.75, 3.05) is 11.5 Å². The van der Waals surface area contributed by atoms with Crippen LogP contribution in [0.2, 0.25) is 0 Å². The van der Waals surface area contributed by atoms with E-state index in [4.69, 9.17) is 0 Å². The van der Waals surface area contributed by atoms with E-state index in [1.54, 1.807) is 12.3 Å². The first-order valence-corrected chi connectivity index (χ1v) is 10.7. The van der Waals surface area contributed by atoms with Crippen LogP contribution in [0.5, 0.6) is 0 Å². The van der Waals surface area contributed by atoms with Crippen LogP contribution >= 0.6 is 0 Å². The lowest BCUT2D eigenvalue weighted by Crippen LogP contribution is -2.14. The second-order valence-electron chi connectivity index (χ2n) is 7.10. The minimum atomic E-state index is -2.99. The molecule has 4 rings (SSSR count). The van der Waals surface area contributed by atoms with Crippen LogP contribution in [0.4, 0.5) is 4.39 Å². The fraction of sp³-hybridized carbons (Fsp3) is 0.368. The Hall–Kier alpha value is -2.48. The van der Waals surface area contributed by atoms with Crippen LogP contribution in [0.25, 0.3) is 17.1 Å². The largest absolute Gasteiger partial charge is 0.296 e. The number of halogens is 1. The highest BCUT2D eigenvalue weighted by Gasteiger charge is 2.32. The maximum atomic E-state index is 13.5. The van der Waals surface area contributed by atoms with Crippen LogP contribution in [-0.2, 0) is 9.84 Å². The average Bonchev–Trinajstić information content (AvgIpc) is 3.25. The molecule has 8 heteroatoms. The van der Waals surface area contributed by atoms with Crippen molar-refractivity contribution in [3.63, 3.8) is 0 Å². The summed E-state index contributed by atoms with van der Waals surface area (Å²) in [7, 11) is -2.99. The molecule has 142 valence electrons. The van der Waals surface area contributed by atoms with Crippen molar-refractivity contribution in [3.05, 3.63) is 53.4 Å². The van der Waals surface area contributed by atoms with Crippen molar-refractivity contribution in [1.29, 1.82) is 0 Å². The molecular weight excluding hydrogens is 367 g/mol. The van der Waals surface area contributed by atoms with Crippen molar-refractivity contribution >= 4 is 9.84 Å². The summed E-state index contributed by atoms with van der Waals surface area (Å²) in [5, 5.41) is 4.63. The van der Waals surface area contributed by atoms with Gasteiger partial charge in [-0.3, -0.25) is 9.25 Å². The van der Waals surface area contributed by atoms with Crippen molar-refractivity contribution in [1.82, 2.24) is 19.3 Å². The van der Waals surface area contributed by atoms with E-state index in [0.717, 1.165) is 28.2 Å². The summed E-state index contributed by atoms with van der Waals surface area (Å²) in [6, 6.07) is 4.50.